The monoisotopic (exact) mass is 324 g/mol. The zero-order valence-electron chi connectivity index (χ0n) is 13.7. The highest BCUT2D eigenvalue weighted by atomic mass is 14.8. The van der Waals surface area contributed by atoms with Gasteiger partial charge >= 0.3 is 0 Å². The van der Waals surface area contributed by atoms with Crippen LogP contribution in [0.2, 0.25) is 0 Å². The van der Waals surface area contributed by atoms with Crippen molar-refractivity contribution in [3.8, 4) is 0 Å². The molecule has 0 atom stereocenters. The molecular formula is C21H16N4. The average molecular weight is 324 g/mol. The van der Waals surface area contributed by atoms with E-state index in [-0.39, 0.29) is 0 Å². The van der Waals surface area contributed by atoms with Gasteiger partial charge in [-0.05, 0) is 79.3 Å². The van der Waals surface area contributed by atoms with E-state index >= 15 is 0 Å². The predicted octanol–water partition coefficient (Wildman–Crippen LogP) is 5.05. The molecule has 120 valence electrons. The molecule has 0 unspecified atom stereocenters. The fourth-order valence-electron chi connectivity index (χ4n) is 3.15. The Hall–Kier alpha value is -3.40. The highest BCUT2D eigenvalue weighted by molar-refractivity contribution is 5.83. The Bertz CT molecular complexity index is 1210. The van der Waals surface area contributed by atoms with Gasteiger partial charge in [0.25, 0.3) is 0 Å². The fraction of sp³-hybridized carbons (Fsp3) is 0.0476. The van der Waals surface area contributed by atoms with Crippen molar-refractivity contribution in [2.45, 2.75) is 6.92 Å². The van der Waals surface area contributed by atoms with Crippen LogP contribution in [0.1, 0.15) is 29.7 Å². The standard InChI is InChI=1S/C21H16N4/c1-13-8-20-11-18-5-4-16(23-18)9-14-2-3-15(22-14)10-17-6-7-19(24-17)12-21(13)25-20/h2-12,23-24H,1H3. The van der Waals surface area contributed by atoms with Gasteiger partial charge in [0.2, 0.25) is 0 Å². The summed E-state index contributed by atoms with van der Waals surface area (Å²) in [5.74, 6) is 0. The number of hydrogen-bond donors (Lipinski definition) is 2. The maximum absolute atomic E-state index is 4.73. The van der Waals surface area contributed by atoms with E-state index in [2.05, 4.69) is 64.3 Å². The quantitative estimate of drug-likeness (QED) is 0.476. The van der Waals surface area contributed by atoms with Gasteiger partial charge in [-0.25, -0.2) is 9.97 Å². The molecular weight excluding hydrogens is 308 g/mol. The maximum Gasteiger partial charge on any atom is 0.0687 e. The third-order valence-corrected chi connectivity index (χ3v) is 4.37. The summed E-state index contributed by atoms with van der Waals surface area (Å²) < 4.78 is 0. The molecule has 0 saturated heterocycles. The summed E-state index contributed by atoms with van der Waals surface area (Å²) in [6.07, 6.45) is 6.16. The Morgan fingerprint density at radius 1 is 0.640 bits per heavy atom. The molecule has 0 radical (unpaired) electrons. The van der Waals surface area contributed by atoms with Crippen molar-refractivity contribution in [2.24, 2.45) is 0 Å². The second-order valence-electron chi connectivity index (χ2n) is 6.36. The van der Waals surface area contributed by atoms with Crippen molar-refractivity contribution in [3.63, 3.8) is 0 Å². The summed E-state index contributed by atoms with van der Waals surface area (Å²) in [6, 6.07) is 16.5. The molecule has 4 heteroatoms. The molecule has 5 heterocycles. The number of H-pyrrole nitrogens is 2. The van der Waals surface area contributed by atoms with E-state index in [1.54, 1.807) is 0 Å². The maximum atomic E-state index is 4.73. The third kappa shape index (κ3) is 2.68. The fourth-order valence-corrected chi connectivity index (χ4v) is 3.15. The number of nitrogens with one attached hydrogen (secondary N) is 2. The molecule has 0 aromatic carbocycles. The van der Waals surface area contributed by atoms with Crippen molar-refractivity contribution < 1.29 is 0 Å². The number of allylic oxidation sites excluding steroid dienone is 1. The van der Waals surface area contributed by atoms with E-state index in [1.165, 1.54) is 0 Å². The lowest BCUT2D eigenvalue weighted by Gasteiger charge is -1.88. The molecule has 3 aromatic rings. The Labute approximate surface area is 144 Å². The summed E-state index contributed by atoms with van der Waals surface area (Å²) >= 11 is 0. The minimum absolute atomic E-state index is 0.939. The lowest BCUT2D eigenvalue weighted by Crippen LogP contribution is -1.77. The molecule has 4 nitrogen and oxygen atoms in total. The van der Waals surface area contributed by atoms with E-state index < -0.39 is 0 Å². The van der Waals surface area contributed by atoms with Crippen LogP contribution in [-0.4, -0.2) is 19.9 Å². The highest BCUT2D eigenvalue weighted by Crippen LogP contribution is 2.22. The van der Waals surface area contributed by atoms with Crippen molar-refractivity contribution in [1.29, 1.82) is 0 Å². The molecule has 25 heavy (non-hydrogen) atoms. The normalized spacial score (nSPS) is 13.1. The first kappa shape index (κ1) is 14.0. The zero-order valence-corrected chi connectivity index (χ0v) is 13.7. The summed E-state index contributed by atoms with van der Waals surface area (Å²) in [4.78, 5) is 16.2. The van der Waals surface area contributed by atoms with Crippen molar-refractivity contribution in [2.75, 3.05) is 0 Å². The molecule has 8 bridgehead atoms. The molecule has 0 fully saturated rings. The van der Waals surface area contributed by atoms with E-state index in [4.69, 9.17) is 4.98 Å². The number of aromatic amines is 2. The first-order chi connectivity index (χ1) is 12.2. The van der Waals surface area contributed by atoms with Crippen LogP contribution in [0, 0.1) is 0 Å². The van der Waals surface area contributed by atoms with Gasteiger partial charge in [0, 0.05) is 22.1 Å². The number of aromatic nitrogens is 4. The van der Waals surface area contributed by atoms with E-state index in [0.29, 0.717) is 0 Å². The van der Waals surface area contributed by atoms with Crippen LogP contribution in [0.5, 0.6) is 0 Å². The molecule has 0 amide bonds. The van der Waals surface area contributed by atoms with Crippen molar-refractivity contribution in [3.05, 3.63) is 71.3 Å². The summed E-state index contributed by atoms with van der Waals surface area (Å²) in [7, 11) is 0. The average Bonchev–Trinajstić information content (AvgIpc) is 3.33. The summed E-state index contributed by atoms with van der Waals surface area (Å²) in [6.45, 7) is 2.09. The van der Waals surface area contributed by atoms with Gasteiger partial charge in [0.05, 0.1) is 22.8 Å². The van der Waals surface area contributed by atoms with Gasteiger partial charge in [-0.3, -0.25) is 0 Å². The lowest BCUT2D eigenvalue weighted by atomic mass is 10.2. The van der Waals surface area contributed by atoms with E-state index in [1.807, 2.05) is 24.3 Å². The summed E-state index contributed by atoms with van der Waals surface area (Å²) in [5, 5.41) is 0. The van der Waals surface area contributed by atoms with E-state index in [9.17, 15) is 0 Å². The molecule has 3 aromatic heterocycles. The first-order valence-electron chi connectivity index (χ1n) is 8.26. The van der Waals surface area contributed by atoms with Gasteiger partial charge in [-0.2, -0.15) is 0 Å². The zero-order chi connectivity index (χ0) is 16.8. The van der Waals surface area contributed by atoms with Crippen molar-refractivity contribution in [1.82, 2.24) is 19.9 Å². The first-order valence-corrected chi connectivity index (χ1v) is 8.26. The molecule has 0 aliphatic carbocycles. The second kappa shape index (κ2) is 5.31. The summed E-state index contributed by atoms with van der Waals surface area (Å²) in [5.41, 5.74) is 9.10. The van der Waals surface area contributed by atoms with Crippen LogP contribution >= 0.6 is 0 Å². The van der Waals surface area contributed by atoms with E-state index in [0.717, 1.165) is 50.4 Å². The minimum Gasteiger partial charge on any atom is -0.355 e. The third-order valence-electron chi connectivity index (χ3n) is 4.37. The number of fused-ring (bicyclic) bond motifs is 8. The smallest absolute Gasteiger partial charge is 0.0687 e. The van der Waals surface area contributed by atoms with Crippen LogP contribution in [0.3, 0.4) is 0 Å². The SMILES string of the molecule is CC1=Cc2cc3ccc(cc4nc(cc5ccc(cc1n2)[nH]5)C=C4)[nH]3. The number of nitrogens with zero attached hydrogens (tertiary/aromatic N) is 2. The van der Waals surface area contributed by atoms with Gasteiger partial charge in [-0.15, -0.1) is 0 Å². The van der Waals surface area contributed by atoms with Gasteiger partial charge in [-0.1, -0.05) is 0 Å². The van der Waals surface area contributed by atoms with Crippen LogP contribution in [-0.2, 0) is 0 Å². The second-order valence-corrected chi connectivity index (χ2v) is 6.36. The predicted molar refractivity (Wildman–Crippen MR) is 103 cm³/mol. The minimum atomic E-state index is 0.939. The molecule has 0 saturated carbocycles. The molecule has 0 spiro atoms. The molecule has 2 aliphatic rings. The molecule has 2 N–H and O–H groups in total. The number of hydrogen-bond acceptors (Lipinski definition) is 2. The lowest BCUT2D eigenvalue weighted by molar-refractivity contribution is 1.30. The Morgan fingerprint density at radius 2 is 1.16 bits per heavy atom. The highest BCUT2D eigenvalue weighted by Gasteiger charge is 2.05. The largest absolute Gasteiger partial charge is 0.355 e. The Kier molecular flexibility index (Phi) is 2.97. The Balaban J connectivity index is 1.86. The van der Waals surface area contributed by atoms with Crippen LogP contribution < -0.4 is 0 Å². The topological polar surface area (TPSA) is 57.4 Å². The van der Waals surface area contributed by atoms with Gasteiger partial charge < -0.3 is 9.97 Å². The molecule has 5 rings (SSSR count). The van der Waals surface area contributed by atoms with Gasteiger partial charge in [0.1, 0.15) is 0 Å². The van der Waals surface area contributed by atoms with Crippen LogP contribution in [0.25, 0.3) is 45.9 Å². The van der Waals surface area contributed by atoms with Crippen LogP contribution in [0.4, 0.5) is 0 Å². The van der Waals surface area contributed by atoms with Crippen molar-refractivity contribution >= 4 is 45.9 Å². The van der Waals surface area contributed by atoms with Gasteiger partial charge in [0.15, 0.2) is 0 Å². The Morgan fingerprint density at radius 3 is 1.76 bits per heavy atom. The number of rotatable bonds is 0. The molecule has 2 aliphatic heterocycles. The van der Waals surface area contributed by atoms with Crippen LogP contribution in [0.15, 0.2) is 48.5 Å².